The van der Waals surface area contributed by atoms with E-state index < -0.39 is 0 Å². The van der Waals surface area contributed by atoms with Crippen LogP contribution in [0.25, 0.3) is 0 Å². The van der Waals surface area contributed by atoms with Crippen LogP contribution in [-0.2, 0) is 13.5 Å². The first-order valence-electron chi connectivity index (χ1n) is 6.67. The molecule has 19 heavy (non-hydrogen) atoms. The molecule has 1 aromatic heterocycles. The number of aromatic nitrogens is 2. The van der Waals surface area contributed by atoms with Crippen LogP contribution in [0.3, 0.4) is 0 Å². The largest absolute Gasteiger partial charge is 0.308 e. The number of rotatable bonds is 6. The molecule has 0 amide bonds. The molecule has 1 heterocycles. The molecule has 1 aromatic carbocycles. The minimum absolute atomic E-state index is 0.209. The second-order valence-corrected chi connectivity index (χ2v) is 5.12. The van der Waals surface area contributed by atoms with Crippen molar-refractivity contribution in [2.45, 2.75) is 25.8 Å². The van der Waals surface area contributed by atoms with Crippen molar-refractivity contribution in [2.75, 3.05) is 6.54 Å². The van der Waals surface area contributed by atoms with Crippen LogP contribution in [0.1, 0.15) is 30.6 Å². The van der Waals surface area contributed by atoms with Crippen LogP contribution < -0.4 is 5.32 Å². The molecule has 0 aliphatic carbocycles. The van der Waals surface area contributed by atoms with Gasteiger partial charge in [-0.05, 0) is 37.1 Å². The highest BCUT2D eigenvalue weighted by Crippen LogP contribution is 2.22. The summed E-state index contributed by atoms with van der Waals surface area (Å²) in [6.07, 6.45) is 3.94. The summed E-state index contributed by atoms with van der Waals surface area (Å²) < 4.78 is 1.84. The van der Waals surface area contributed by atoms with Crippen molar-refractivity contribution in [3.63, 3.8) is 0 Å². The van der Waals surface area contributed by atoms with Gasteiger partial charge in [-0.25, -0.2) is 0 Å². The fourth-order valence-electron chi connectivity index (χ4n) is 2.10. The van der Waals surface area contributed by atoms with Crippen LogP contribution in [0.4, 0.5) is 0 Å². The minimum Gasteiger partial charge on any atom is -0.308 e. The zero-order chi connectivity index (χ0) is 13.7. The lowest BCUT2D eigenvalue weighted by Gasteiger charge is -2.17. The van der Waals surface area contributed by atoms with Crippen LogP contribution in [0.5, 0.6) is 0 Å². The second-order valence-electron chi connectivity index (χ2n) is 4.72. The number of halogens is 1. The maximum absolute atomic E-state index is 6.24. The minimum atomic E-state index is 0.209. The van der Waals surface area contributed by atoms with Gasteiger partial charge in [0.15, 0.2) is 0 Å². The van der Waals surface area contributed by atoms with Crippen LogP contribution in [0.15, 0.2) is 36.5 Å². The zero-order valence-electron chi connectivity index (χ0n) is 11.4. The van der Waals surface area contributed by atoms with E-state index in [2.05, 4.69) is 29.5 Å². The van der Waals surface area contributed by atoms with Crippen LogP contribution in [0, 0.1) is 0 Å². The molecule has 2 rings (SSSR count). The van der Waals surface area contributed by atoms with Gasteiger partial charge in [0.05, 0.1) is 11.7 Å². The molecular weight excluding hydrogens is 258 g/mol. The summed E-state index contributed by atoms with van der Waals surface area (Å²) in [4.78, 5) is 0. The summed E-state index contributed by atoms with van der Waals surface area (Å²) in [5.74, 6) is 0. The molecule has 0 aliphatic rings. The lowest BCUT2D eigenvalue weighted by molar-refractivity contribution is 0.511. The second kappa shape index (κ2) is 6.73. The van der Waals surface area contributed by atoms with E-state index in [-0.39, 0.29) is 6.04 Å². The molecule has 2 aromatic rings. The number of hydrogen-bond acceptors (Lipinski definition) is 2. The van der Waals surface area contributed by atoms with Crippen molar-refractivity contribution in [1.29, 1.82) is 0 Å². The van der Waals surface area contributed by atoms with Crippen molar-refractivity contribution < 1.29 is 0 Å². The van der Waals surface area contributed by atoms with Crippen molar-refractivity contribution in [3.8, 4) is 0 Å². The number of benzene rings is 1. The monoisotopic (exact) mass is 277 g/mol. The average molecular weight is 278 g/mol. The van der Waals surface area contributed by atoms with Gasteiger partial charge in [0, 0.05) is 18.3 Å². The number of hydrogen-bond donors (Lipinski definition) is 1. The standard InChI is InChI=1S/C15H20ClN3/c1-3-9-17-15(14-8-10-19(2)18-14)11-12-6-4-5-7-13(12)16/h4-8,10,15,17H,3,9,11H2,1-2H3. The molecule has 0 radical (unpaired) electrons. The molecule has 4 heteroatoms. The summed E-state index contributed by atoms with van der Waals surface area (Å²) in [7, 11) is 1.94. The Balaban J connectivity index is 2.16. The Bertz CT molecular complexity index is 522. The van der Waals surface area contributed by atoms with Gasteiger partial charge in [0.1, 0.15) is 0 Å². The van der Waals surface area contributed by atoms with E-state index in [0.717, 1.165) is 35.7 Å². The number of nitrogens with zero attached hydrogens (tertiary/aromatic N) is 2. The van der Waals surface area contributed by atoms with Gasteiger partial charge in [0.25, 0.3) is 0 Å². The number of nitrogens with one attached hydrogen (secondary N) is 1. The molecule has 1 atom stereocenters. The lowest BCUT2D eigenvalue weighted by atomic mass is 10.0. The van der Waals surface area contributed by atoms with Crippen molar-refractivity contribution in [1.82, 2.24) is 15.1 Å². The molecule has 0 bridgehead atoms. The Kier molecular flexibility index (Phi) is 5.00. The first-order chi connectivity index (χ1) is 9.20. The average Bonchev–Trinajstić information content (AvgIpc) is 2.83. The molecule has 102 valence electrons. The third-order valence-electron chi connectivity index (χ3n) is 3.11. The van der Waals surface area contributed by atoms with Crippen molar-refractivity contribution in [3.05, 3.63) is 52.8 Å². The maximum Gasteiger partial charge on any atom is 0.0797 e. The topological polar surface area (TPSA) is 29.9 Å². The third kappa shape index (κ3) is 3.82. The summed E-state index contributed by atoms with van der Waals surface area (Å²) in [5, 5.41) is 8.86. The number of aryl methyl sites for hydroxylation is 1. The molecular formula is C15H20ClN3. The van der Waals surface area contributed by atoms with E-state index in [4.69, 9.17) is 11.6 Å². The third-order valence-corrected chi connectivity index (χ3v) is 3.48. The van der Waals surface area contributed by atoms with Gasteiger partial charge < -0.3 is 5.32 Å². The summed E-state index contributed by atoms with van der Waals surface area (Å²) in [5.41, 5.74) is 2.22. The van der Waals surface area contributed by atoms with Crippen LogP contribution in [-0.4, -0.2) is 16.3 Å². The molecule has 0 fully saturated rings. The Hall–Kier alpha value is -1.32. The predicted octanol–water partition coefficient (Wildman–Crippen LogP) is 3.36. The molecule has 0 saturated carbocycles. The zero-order valence-corrected chi connectivity index (χ0v) is 12.2. The molecule has 0 spiro atoms. The SMILES string of the molecule is CCCNC(Cc1ccccc1Cl)c1ccn(C)n1. The highest BCUT2D eigenvalue weighted by Gasteiger charge is 2.15. The predicted molar refractivity (Wildman–Crippen MR) is 79.4 cm³/mol. The smallest absolute Gasteiger partial charge is 0.0797 e. The van der Waals surface area contributed by atoms with Crippen molar-refractivity contribution >= 4 is 11.6 Å². The van der Waals surface area contributed by atoms with Gasteiger partial charge in [0.2, 0.25) is 0 Å². The lowest BCUT2D eigenvalue weighted by Crippen LogP contribution is -2.24. The van der Waals surface area contributed by atoms with Gasteiger partial charge >= 0.3 is 0 Å². The van der Waals surface area contributed by atoms with Gasteiger partial charge in [-0.15, -0.1) is 0 Å². The van der Waals surface area contributed by atoms with Gasteiger partial charge in [-0.2, -0.15) is 5.10 Å². The highest BCUT2D eigenvalue weighted by molar-refractivity contribution is 6.31. The van der Waals surface area contributed by atoms with E-state index in [1.807, 2.05) is 36.1 Å². The molecule has 3 nitrogen and oxygen atoms in total. The first-order valence-corrected chi connectivity index (χ1v) is 7.05. The fraction of sp³-hybridized carbons (Fsp3) is 0.400. The maximum atomic E-state index is 6.24. The molecule has 1 unspecified atom stereocenters. The van der Waals surface area contributed by atoms with Gasteiger partial charge in [-0.1, -0.05) is 36.7 Å². The van der Waals surface area contributed by atoms with E-state index >= 15 is 0 Å². The van der Waals surface area contributed by atoms with Crippen molar-refractivity contribution in [2.24, 2.45) is 7.05 Å². The Morgan fingerprint density at radius 2 is 2.11 bits per heavy atom. The van der Waals surface area contributed by atoms with E-state index in [1.165, 1.54) is 0 Å². The first kappa shape index (κ1) is 14.1. The van der Waals surface area contributed by atoms with Crippen LogP contribution in [0.2, 0.25) is 5.02 Å². The van der Waals surface area contributed by atoms with E-state index in [0.29, 0.717) is 0 Å². The normalized spacial score (nSPS) is 12.6. The Morgan fingerprint density at radius 3 is 2.74 bits per heavy atom. The van der Waals surface area contributed by atoms with E-state index in [9.17, 15) is 0 Å². The van der Waals surface area contributed by atoms with Gasteiger partial charge in [-0.3, -0.25) is 4.68 Å². The van der Waals surface area contributed by atoms with Crippen LogP contribution >= 0.6 is 11.6 Å². The molecule has 0 aliphatic heterocycles. The summed E-state index contributed by atoms with van der Waals surface area (Å²) in [6.45, 7) is 3.14. The quantitative estimate of drug-likeness (QED) is 0.877. The van der Waals surface area contributed by atoms with E-state index in [1.54, 1.807) is 0 Å². The molecule has 0 saturated heterocycles. The Morgan fingerprint density at radius 1 is 1.32 bits per heavy atom. The summed E-state index contributed by atoms with van der Waals surface area (Å²) in [6, 6.07) is 10.3. The molecule has 1 N–H and O–H groups in total. The summed E-state index contributed by atoms with van der Waals surface area (Å²) >= 11 is 6.24. The fourth-order valence-corrected chi connectivity index (χ4v) is 2.32. The highest BCUT2D eigenvalue weighted by atomic mass is 35.5. The Labute approximate surface area is 119 Å².